The first-order chi connectivity index (χ1) is 4.39. The Bertz CT molecular complexity index is 134. The monoisotopic (exact) mass is 124 g/mol. The summed E-state index contributed by atoms with van der Waals surface area (Å²) >= 11 is 0. The molecule has 50 valence electrons. The largest absolute Gasteiger partial charge is 0.513 e. The predicted molar refractivity (Wildman–Crippen MR) is 38.3 cm³/mol. The predicted octanol–water partition coefficient (Wildman–Crippen LogP) is 2.56. The lowest BCUT2D eigenvalue weighted by Crippen LogP contribution is -1.83. The van der Waals surface area contributed by atoms with Gasteiger partial charge in [-0.1, -0.05) is 12.2 Å². The summed E-state index contributed by atoms with van der Waals surface area (Å²) in [6.45, 7) is 0. The first kappa shape index (κ1) is 6.40. The second-order valence-electron chi connectivity index (χ2n) is 2.28. The Kier molecular flexibility index (Phi) is 2.37. The Hall–Kier alpha value is -0.720. The van der Waals surface area contributed by atoms with Crippen LogP contribution in [0.3, 0.4) is 0 Å². The summed E-state index contributed by atoms with van der Waals surface area (Å²) in [6.07, 6.45) is 10.1. The maximum absolute atomic E-state index is 9.04. The van der Waals surface area contributed by atoms with Gasteiger partial charge in [0.25, 0.3) is 0 Å². The van der Waals surface area contributed by atoms with Crippen molar-refractivity contribution in [2.75, 3.05) is 0 Å². The van der Waals surface area contributed by atoms with Gasteiger partial charge in [-0.25, -0.2) is 0 Å². The van der Waals surface area contributed by atoms with E-state index in [1.165, 1.54) is 0 Å². The zero-order valence-corrected chi connectivity index (χ0v) is 5.51. The zero-order valence-electron chi connectivity index (χ0n) is 5.51. The third-order valence-corrected chi connectivity index (χ3v) is 1.45. The highest BCUT2D eigenvalue weighted by atomic mass is 16.3. The van der Waals surface area contributed by atoms with Gasteiger partial charge in [0.1, 0.15) is 0 Å². The number of allylic oxidation sites excluding steroid dienone is 4. The van der Waals surface area contributed by atoms with Crippen LogP contribution in [0.1, 0.15) is 25.7 Å². The van der Waals surface area contributed by atoms with E-state index < -0.39 is 0 Å². The molecule has 9 heavy (non-hydrogen) atoms. The van der Waals surface area contributed by atoms with Gasteiger partial charge in [-0.2, -0.15) is 0 Å². The van der Waals surface area contributed by atoms with E-state index in [4.69, 9.17) is 5.11 Å². The fourth-order valence-corrected chi connectivity index (χ4v) is 0.915. The standard InChI is InChI=1S/C8H12O/c9-8-6-4-2-1-3-5-7-8/h1-2,7,9H,3-6H2/b2-1-,8-7+. The number of hydrogen-bond donors (Lipinski definition) is 1. The van der Waals surface area contributed by atoms with Crippen LogP contribution in [0.5, 0.6) is 0 Å². The third-order valence-electron chi connectivity index (χ3n) is 1.45. The molecule has 1 aliphatic rings. The molecule has 0 heterocycles. The molecule has 0 aromatic rings. The molecule has 1 heteroatoms. The Morgan fingerprint density at radius 2 is 1.89 bits per heavy atom. The topological polar surface area (TPSA) is 20.2 Å². The van der Waals surface area contributed by atoms with Crippen LogP contribution in [0.2, 0.25) is 0 Å². The van der Waals surface area contributed by atoms with Crippen molar-refractivity contribution in [1.29, 1.82) is 0 Å². The summed E-state index contributed by atoms with van der Waals surface area (Å²) in [6, 6.07) is 0. The van der Waals surface area contributed by atoms with Gasteiger partial charge < -0.3 is 5.11 Å². The van der Waals surface area contributed by atoms with Crippen LogP contribution < -0.4 is 0 Å². The van der Waals surface area contributed by atoms with Crippen LogP contribution >= 0.6 is 0 Å². The van der Waals surface area contributed by atoms with Crippen LogP contribution in [0.25, 0.3) is 0 Å². The highest BCUT2D eigenvalue weighted by Crippen LogP contribution is 2.08. The Morgan fingerprint density at radius 3 is 2.78 bits per heavy atom. The summed E-state index contributed by atoms with van der Waals surface area (Å²) in [4.78, 5) is 0. The summed E-state index contributed by atoms with van der Waals surface area (Å²) < 4.78 is 0. The van der Waals surface area contributed by atoms with Crippen molar-refractivity contribution in [3.63, 3.8) is 0 Å². The van der Waals surface area contributed by atoms with Crippen LogP contribution in [-0.2, 0) is 0 Å². The smallest absolute Gasteiger partial charge is 0.0886 e. The molecule has 0 saturated carbocycles. The first-order valence-corrected chi connectivity index (χ1v) is 3.42. The molecule has 1 N–H and O–H groups in total. The van der Waals surface area contributed by atoms with Crippen molar-refractivity contribution in [2.45, 2.75) is 25.7 Å². The summed E-state index contributed by atoms with van der Waals surface area (Å²) in [5, 5.41) is 9.04. The quantitative estimate of drug-likeness (QED) is 0.492. The van der Waals surface area contributed by atoms with Gasteiger partial charge in [0.2, 0.25) is 0 Å². The van der Waals surface area contributed by atoms with Crippen molar-refractivity contribution in [3.05, 3.63) is 24.0 Å². The molecular formula is C8H12O. The van der Waals surface area contributed by atoms with E-state index in [1.54, 1.807) is 0 Å². The normalized spacial score (nSPS) is 29.6. The third kappa shape index (κ3) is 2.36. The highest BCUT2D eigenvalue weighted by Gasteiger charge is 1.92. The van der Waals surface area contributed by atoms with Crippen molar-refractivity contribution in [1.82, 2.24) is 0 Å². The van der Waals surface area contributed by atoms with Crippen LogP contribution in [0.4, 0.5) is 0 Å². The number of hydrogen-bond acceptors (Lipinski definition) is 1. The van der Waals surface area contributed by atoms with Crippen molar-refractivity contribution in [2.24, 2.45) is 0 Å². The average Bonchev–Trinajstić information content (AvgIpc) is 1.79. The van der Waals surface area contributed by atoms with Crippen molar-refractivity contribution in [3.8, 4) is 0 Å². The molecule has 0 radical (unpaired) electrons. The molecule has 0 aromatic heterocycles. The molecule has 0 unspecified atom stereocenters. The Balaban J connectivity index is 2.41. The average molecular weight is 124 g/mol. The maximum atomic E-state index is 9.04. The fourth-order valence-electron chi connectivity index (χ4n) is 0.915. The molecule has 0 saturated heterocycles. The fraction of sp³-hybridized carbons (Fsp3) is 0.500. The van der Waals surface area contributed by atoms with Crippen molar-refractivity contribution >= 4 is 0 Å². The number of aliphatic hydroxyl groups excluding tert-OH is 1. The van der Waals surface area contributed by atoms with Gasteiger partial charge in [0.05, 0.1) is 5.76 Å². The molecule has 1 aliphatic carbocycles. The van der Waals surface area contributed by atoms with Crippen LogP contribution in [-0.4, -0.2) is 5.11 Å². The van der Waals surface area contributed by atoms with Crippen molar-refractivity contribution < 1.29 is 5.11 Å². The lowest BCUT2D eigenvalue weighted by atomic mass is 10.1. The van der Waals surface area contributed by atoms with E-state index in [2.05, 4.69) is 12.2 Å². The van der Waals surface area contributed by atoms with E-state index in [0.29, 0.717) is 5.76 Å². The van der Waals surface area contributed by atoms with Gasteiger partial charge in [-0.15, -0.1) is 0 Å². The molecule has 0 spiro atoms. The van der Waals surface area contributed by atoms with Gasteiger partial charge in [0, 0.05) is 6.42 Å². The molecular weight excluding hydrogens is 112 g/mol. The highest BCUT2D eigenvalue weighted by molar-refractivity contribution is 4.98. The lowest BCUT2D eigenvalue weighted by Gasteiger charge is -1.99. The van der Waals surface area contributed by atoms with E-state index in [9.17, 15) is 0 Å². The summed E-state index contributed by atoms with van der Waals surface area (Å²) in [5.41, 5.74) is 0. The Labute approximate surface area is 55.7 Å². The molecule has 1 rings (SSSR count). The second-order valence-corrected chi connectivity index (χ2v) is 2.28. The Morgan fingerprint density at radius 1 is 1.11 bits per heavy atom. The minimum Gasteiger partial charge on any atom is -0.513 e. The molecule has 0 bridgehead atoms. The maximum Gasteiger partial charge on any atom is 0.0886 e. The summed E-state index contributed by atoms with van der Waals surface area (Å²) in [5.74, 6) is 0.555. The molecule has 0 atom stereocenters. The van der Waals surface area contributed by atoms with E-state index in [-0.39, 0.29) is 0 Å². The van der Waals surface area contributed by atoms with E-state index >= 15 is 0 Å². The molecule has 0 aliphatic heterocycles. The first-order valence-electron chi connectivity index (χ1n) is 3.42. The van der Waals surface area contributed by atoms with Crippen LogP contribution in [0, 0.1) is 0 Å². The lowest BCUT2D eigenvalue weighted by molar-refractivity contribution is 0.385. The SMILES string of the molecule is O/C1=C/CC/C=C\CC1. The molecule has 0 fully saturated rings. The van der Waals surface area contributed by atoms with Gasteiger partial charge in [0.15, 0.2) is 0 Å². The zero-order chi connectivity index (χ0) is 6.53. The van der Waals surface area contributed by atoms with E-state index in [0.717, 1.165) is 25.7 Å². The van der Waals surface area contributed by atoms with Gasteiger partial charge >= 0.3 is 0 Å². The second kappa shape index (κ2) is 3.33. The number of aliphatic hydroxyl groups is 1. The molecule has 0 amide bonds. The number of rotatable bonds is 0. The van der Waals surface area contributed by atoms with E-state index in [1.807, 2.05) is 6.08 Å². The minimum atomic E-state index is 0.555. The molecule has 1 nitrogen and oxygen atoms in total. The molecule has 0 aromatic carbocycles. The summed E-state index contributed by atoms with van der Waals surface area (Å²) in [7, 11) is 0. The van der Waals surface area contributed by atoms with Gasteiger partial charge in [-0.05, 0) is 25.3 Å². The van der Waals surface area contributed by atoms with Crippen LogP contribution in [0.15, 0.2) is 24.0 Å². The van der Waals surface area contributed by atoms with Gasteiger partial charge in [-0.3, -0.25) is 0 Å². The minimum absolute atomic E-state index is 0.555.